The molecular weight excluding hydrogens is 363 g/mol. The maximum atomic E-state index is 13.9. The Morgan fingerprint density at radius 1 is 1.04 bits per heavy atom. The Labute approximate surface area is 160 Å². The first-order chi connectivity index (χ1) is 13.1. The monoisotopic (exact) mass is 382 g/mol. The summed E-state index contributed by atoms with van der Waals surface area (Å²) in [5.41, 5.74) is 0.642. The largest absolute Gasteiger partial charge is 0.349 e. The predicted octanol–water partition coefficient (Wildman–Crippen LogP) is 4.08. The van der Waals surface area contributed by atoms with E-state index >= 15 is 0 Å². The molecule has 4 nitrogen and oxygen atoms in total. The van der Waals surface area contributed by atoms with Crippen LogP contribution < -0.4 is 5.32 Å². The highest BCUT2D eigenvalue weighted by Crippen LogP contribution is 2.29. The predicted molar refractivity (Wildman–Crippen MR) is 105 cm³/mol. The van der Waals surface area contributed by atoms with Crippen LogP contribution in [0.5, 0.6) is 0 Å². The lowest BCUT2D eigenvalue weighted by Crippen LogP contribution is -2.46. The van der Waals surface area contributed by atoms with Gasteiger partial charge < -0.3 is 10.2 Å². The molecule has 3 aromatic rings. The number of rotatable bonds is 3. The second-order valence-corrected chi connectivity index (χ2v) is 7.75. The number of likely N-dealkylation sites (tertiary alicyclic amines) is 1. The zero-order chi connectivity index (χ0) is 18.8. The van der Waals surface area contributed by atoms with Gasteiger partial charge in [0.2, 0.25) is 0 Å². The maximum Gasteiger partial charge on any atom is 0.263 e. The number of thiophene rings is 1. The van der Waals surface area contributed by atoms with Crippen LogP contribution in [0.2, 0.25) is 0 Å². The summed E-state index contributed by atoms with van der Waals surface area (Å²) < 4.78 is 14.6. The molecule has 0 bridgehead atoms. The second-order valence-electron chi connectivity index (χ2n) is 6.67. The first-order valence-electron chi connectivity index (χ1n) is 8.95. The molecule has 0 aliphatic carbocycles. The molecule has 2 heterocycles. The fraction of sp³-hybridized carbons (Fsp3) is 0.238. The molecule has 27 heavy (non-hydrogen) atoms. The van der Waals surface area contributed by atoms with Crippen LogP contribution in [-0.2, 0) is 0 Å². The standard InChI is InChI=1S/C21H19FN2O2S/c22-17-7-4-8-18-16(17)13-19(27-18)21(26)24-11-9-15(10-12-24)23-20(25)14-5-2-1-3-6-14/h1-8,13,15H,9-12H2,(H,23,25). The molecule has 1 aliphatic heterocycles. The van der Waals surface area contributed by atoms with Crippen molar-refractivity contribution in [2.24, 2.45) is 0 Å². The molecule has 138 valence electrons. The van der Waals surface area contributed by atoms with Crippen molar-refractivity contribution in [2.45, 2.75) is 18.9 Å². The summed E-state index contributed by atoms with van der Waals surface area (Å²) in [6.45, 7) is 1.16. The smallest absolute Gasteiger partial charge is 0.263 e. The lowest BCUT2D eigenvalue weighted by atomic mass is 10.0. The number of fused-ring (bicyclic) bond motifs is 1. The van der Waals surface area contributed by atoms with Gasteiger partial charge in [-0.1, -0.05) is 24.3 Å². The van der Waals surface area contributed by atoms with Crippen molar-refractivity contribution in [3.63, 3.8) is 0 Å². The molecule has 1 saturated heterocycles. The van der Waals surface area contributed by atoms with E-state index in [0.717, 1.165) is 4.70 Å². The van der Waals surface area contributed by atoms with Crippen LogP contribution >= 0.6 is 11.3 Å². The molecule has 0 unspecified atom stereocenters. The van der Waals surface area contributed by atoms with Crippen molar-refractivity contribution in [1.29, 1.82) is 0 Å². The highest BCUT2D eigenvalue weighted by atomic mass is 32.1. The summed E-state index contributed by atoms with van der Waals surface area (Å²) in [7, 11) is 0. The van der Waals surface area contributed by atoms with Crippen molar-refractivity contribution < 1.29 is 14.0 Å². The van der Waals surface area contributed by atoms with E-state index in [1.165, 1.54) is 17.4 Å². The normalized spacial score (nSPS) is 15.1. The second kappa shape index (κ2) is 7.48. The number of hydrogen-bond acceptors (Lipinski definition) is 3. The maximum absolute atomic E-state index is 13.9. The van der Waals surface area contributed by atoms with Gasteiger partial charge in [0.1, 0.15) is 5.82 Å². The van der Waals surface area contributed by atoms with E-state index in [4.69, 9.17) is 0 Å². The van der Waals surface area contributed by atoms with Gasteiger partial charge in [-0.25, -0.2) is 4.39 Å². The lowest BCUT2D eigenvalue weighted by molar-refractivity contribution is 0.0703. The summed E-state index contributed by atoms with van der Waals surface area (Å²) >= 11 is 1.32. The molecule has 1 aromatic heterocycles. The van der Waals surface area contributed by atoms with E-state index in [-0.39, 0.29) is 23.7 Å². The number of hydrogen-bond donors (Lipinski definition) is 1. The lowest BCUT2D eigenvalue weighted by Gasteiger charge is -2.32. The first kappa shape index (κ1) is 17.7. The summed E-state index contributed by atoms with van der Waals surface area (Å²) in [4.78, 5) is 27.4. The number of piperidine rings is 1. The number of nitrogens with one attached hydrogen (secondary N) is 1. The number of nitrogens with zero attached hydrogens (tertiary/aromatic N) is 1. The number of carbonyl (C=O) groups is 2. The van der Waals surface area contributed by atoms with Crippen molar-refractivity contribution in [2.75, 3.05) is 13.1 Å². The highest BCUT2D eigenvalue weighted by Gasteiger charge is 2.26. The van der Waals surface area contributed by atoms with Gasteiger partial charge >= 0.3 is 0 Å². The first-order valence-corrected chi connectivity index (χ1v) is 9.77. The molecule has 1 aliphatic rings. The Bertz CT molecular complexity index is 978. The van der Waals surface area contributed by atoms with E-state index in [1.54, 1.807) is 29.2 Å². The van der Waals surface area contributed by atoms with Crippen LogP contribution in [0.1, 0.15) is 32.9 Å². The Morgan fingerprint density at radius 2 is 1.78 bits per heavy atom. The molecule has 2 aromatic carbocycles. The topological polar surface area (TPSA) is 49.4 Å². The average molecular weight is 382 g/mol. The number of benzene rings is 2. The molecule has 0 spiro atoms. The van der Waals surface area contributed by atoms with Crippen LogP contribution in [-0.4, -0.2) is 35.8 Å². The Balaban J connectivity index is 1.37. The van der Waals surface area contributed by atoms with E-state index in [0.29, 0.717) is 41.8 Å². The zero-order valence-electron chi connectivity index (χ0n) is 14.7. The van der Waals surface area contributed by atoms with Gasteiger partial charge in [-0.05, 0) is 43.2 Å². The van der Waals surface area contributed by atoms with Crippen LogP contribution in [0.25, 0.3) is 10.1 Å². The SMILES string of the molecule is O=C(NC1CCN(C(=O)c2cc3c(F)cccc3s2)CC1)c1ccccc1. The third-order valence-electron chi connectivity index (χ3n) is 4.87. The van der Waals surface area contributed by atoms with Crippen LogP contribution in [0.4, 0.5) is 4.39 Å². The molecule has 6 heteroatoms. The summed E-state index contributed by atoms with van der Waals surface area (Å²) in [5, 5.41) is 3.54. The summed E-state index contributed by atoms with van der Waals surface area (Å²) in [6, 6.07) is 15.7. The molecule has 2 amide bonds. The minimum atomic E-state index is -0.301. The minimum Gasteiger partial charge on any atom is -0.349 e. The van der Waals surface area contributed by atoms with Gasteiger partial charge in [-0.2, -0.15) is 0 Å². The molecule has 0 atom stereocenters. The Hall–Kier alpha value is -2.73. The Kier molecular flexibility index (Phi) is 4.90. The number of amides is 2. The quantitative estimate of drug-likeness (QED) is 0.742. The molecule has 4 rings (SSSR count). The molecule has 1 fully saturated rings. The average Bonchev–Trinajstić information content (AvgIpc) is 3.14. The van der Waals surface area contributed by atoms with Gasteiger partial charge in [-0.3, -0.25) is 9.59 Å². The van der Waals surface area contributed by atoms with Crippen molar-refractivity contribution in [1.82, 2.24) is 10.2 Å². The highest BCUT2D eigenvalue weighted by molar-refractivity contribution is 7.20. The zero-order valence-corrected chi connectivity index (χ0v) is 15.5. The summed E-state index contributed by atoms with van der Waals surface area (Å²) in [5.74, 6) is -0.450. The number of halogens is 1. The van der Waals surface area contributed by atoms with E-state index in [2.05, 4.69) is 5.32 Å². The summed E-state index contributed by atoms with van der Waals surface area (Å²) in [6.07, 6.45) is 1.42. The van der Waals surface area contributed by atoms with E-state index in [1.807, 2.05) is 24.3 Å². The number of carbonyl (C=O) groups excluding carboxylic acids is 2. The van der Waals surface area contributed by atoms with E-state index in [9.17, 15) is 14.0 Å². The van der Waals surface area contributed by atoms with Crippen LogP contribution in [0.3, 0.4) is 0 Å². The fourth-order valence-electron chi connectivity index (χ4n) is 3.37. The van der Waals surface area contributed by atoms with Gasteiger partial charge in [0, 0.05) is 34.8 Å². The van der Waals surface area contributed by atoms with E-state index < -0.39 is 0 Å². The van der Waals surface area contributed by atoms with Gasteiger partial charge in [0.25, 0.3) is 11.8 Å². The van der Waals surface area contributed by atoms with Gasteiger partial charge in [0.05, 0.1) is 4.88 Å². The minimum absolute atomic E-state index is 0.0570. The van der Waals surface area contributed by atoms with Crippen LogP contribution in [0, 0.1) is 5.82 Å². The van der Waals surface area contributed by atoms with Crippen molar-refractivity contribution in [3.8, 4) is 0 Å². The van der Waals surface area contributed by atoms with Gasteiger partial charge in [-0.15, -0.1) is 11.3 Å². The van der Waals surface area contributed by atoms with Gasteiger partial charge in [0.15, 0.2) is 0 Å². The fourth-order valence-corrected chi connectivity index (χ4v) is 4.41. The van der Waals surface area contributed by atoms with Crippen molar-refractivity contribution in [3.05, 3.63) is 70.9 Å². The van der Waals surface area contributed by atoms with Crippen molar-refractivity contribution >= 4 is 33.2 Å². The molecule has 1 N–H and O–H groups in total. The third kappa shape index (κ3) is 3.71. The molecule has 0 radical (unpaired) electrons. The third-order valence-corrected chi connectivity index (χ3v) is 5.96. The molecule has 0 saturated carbocycles. The van der Waals surface area contributed by atoms with Crippen LogP contribution in [0.15, 0.2) is 54.6 Å². The molecular formula is C21H19FN2O2S. The Morgan fingerprint density at radius 3 is 2.48 bits per heavy atom.